The molecule has 0 fully saturated rings. The summed E-state index contributed by atoms with van der Waals surface area (Å²) in [5.74, 6) is -0.916. The molecule has 1 N–H and O–H groups in total. The number of sulfonamides is 1. The van der Waals surface area contributed by atoms with Crippen LogP contribution in [0, 0.1) is 26.7 Å². The first kappa shape index (κ1) is 22.8. The lowest BCUT2D eigenvalue weighted by molar-refractivity contribution is 0.0594. The predicted octanol–water partition coefficient (Wildman–Crippen LogP) is 3.26. The average molecular weight is 421 g/mol. The molecule has 0 amide bonds. The third kappa shape index (κ3) is 4.94. The molecule has 0 saturated carbocycles. The fourth-order valence-electron chi connectivity index (χ4n) is 3.23. The molecule has 0 atom stereocenters. The normalized spacial score (nSPS) is 11.9. The summed E-state index contributed by atoms with van der Waals surface area (Å²) in [7, 11) is -2.58. The lowest BCUT2D eigenvalue weighted by Gasteiger charge is -2.23. The topological polar surface area (TPSA) is 96.5 Å². The monoisotopic (exact) mass is 420 g/mol. The second-order valence-corrected chi connectivity index (χ2v) is 9.48. The second-order valence-electron chi connectivity index (χ2n) is 7.54. The van der Waals surface area contributed by atoms with Crippen LogP contribution in [0.5, 0.6) is 0 Å². The Hall–Kier alpha value is -2.45. The molecule has 158 valence electrons. The summed E-state index contributed by atoms with van der Waals surface area (Å²) >= 11 is 0. The number of ketones is 1. The smallest absolute Gasteiger partial charge is 0.354 e. The maximum Gasteiger partial charge on any atom is 0.354 e. The zero-order chi connectivity index (χ0) is 21.9. The van der Waals surface area contributed by atoms with Crippen molar-refractivity contribution in [2.75, 3.05) is 20.2 Å². The number of Topliss-reactive ketones (excluding diaryl/α,β-unsaturated/α-hetero) is 1. The van der Waals surface area contributed by atoms with Gasteiger partial charge in [-0.15, -0.1) is 0 Å². The Morgan fingerprint density at radius 2 is 1.69 bits per heavy atom. The molecule has 0 bridgehead atoms. The van der Waals surface area contributed by atoms with E-state index < -0.39 is 16.0 Å². The van der Waals surface area contributed by atoms with Crippen LogP contribution in [0.2, 0.25) is 0 Å². The van der Waals surface area contributed by atoms with Crippen LogP contribution in [-0.4, -0.2) is 49.7 Å². The number of methoxy groups -OCH3 is 1. The summed E-state index contributed by atoms with van der Waals surface area (Å²) < 4.78 is 32.3. The van der Waals surface area contributed by atoms with Crippen molar-refractivity contribution in [3.8, 4) is 0 Å². The number of nitrogens with one attached hydrogen (secondary N) is 1. The number of aromatic nitrogens is 1. The first-order chi connectivity index (χ1) is 13.5. The van der Waals surface area contributed by atoms with Gasteiger partial charge < -0.3 is 9.72 Å². The quantitative estimate of drug-likeness (QED) is 0.522. The highest BCUT2D eigenvalue weighted by Gasteiger charge is 2.30. The number of aromatic amines is 1. The number of ether oxygens (including phenoxy) is 1. The highest BCUT2D eigenvalue weighted by Crippen LogP contribution is 2.22. The average Bonchev–Trinajstić information content (AvgIpc) is 2.94. The minimum Gasteiger partial charge on any atom is -0.464 e. The predicted molar refractivity (Wildman–Crippen MR) is 111 cm³/mol. The van der Waals surface area contributed by atoms with Crippen molar-refractivity contribution in [2.45, 2.75) is 39.5 Å². The van der Waals surface area contributed by atoms with E-state index in [2.05, 4.69) is 4.98 Å². The molecular formula is C21H28N2O5S. The number of carbonyl (C=O) groups excluding carboxylic acids is 2. The van der Waals surface area contributed by atoms with Crippen LogP contribution in [0.4, 0.5) is 0 Å². The molecule has 29 heavy (non-hydrogen) atoms. The van der Waals surface area contributed by atoms with Gasteiger partial charge in [-0.1, -0.05) is 31.5 Å². The van der Waals surface area contributed by atoms with E-state index in [0.717, 1.165) is 5.56 Å². The summed E-state index contributed by atoms with van der Waals surface area (Å²) in [6.07, 6.45) is 0. The standard InChI is InChI=1S/C21H28N2O5S/c1-13(2)11-23(29(26,27)17-9-7-14(3)8-10-17)12-18(24)19-15(4)20(21(25)28-6)22-16(19)5/h7-10,13,22H,11-12H2,1-6H3. The third-order valence-corrected chi connectivity index (χ3v) is 6.48. The number of rotatable bonds is 8. The van der Waals surface area contributed by atoms with Gasteiger partial charge in [-0.05, 0) is 44.4 Å². The molecule has 0 saturated heterocycles. The summed E-state index contributed by atoms with van der Waals surface area (Å²) in [6.45, 7) is 8.87. The van der Waals surface area contributed by atoms with Crippen molar-refractivity contribution in [2.24, 2.45) is 5.92 Å². The van der Waals surface area contributed by atoms with E-state index >= 15 is 0 Å². The van der Waals surface area contributed by atoms with Gasteiger partial charge in [-0.25, -0.2) is 13.2 Å². The maximum atomic E-state index is 13.2. The van der Waals surface area contributed by atoms with Gasteiger partial charge in [0.05, 0.1) is 18.6 Å². The molecule has 0 aliphatic heterocycles. The maximum absolute atomic E-state index is 13.2. The second kappa shape index (κ2) is 8.92. The van der Waals surface area contributed by atoms with E-state index in [9.17, 15) is 18.0 Å². The number of hydrogen-bond acceptors (Lipinski definition) is 5. The Balaban J connectivity index is 2.41. The molecule has 1 aromatic heterocycles. The van der Waals surface area contributed by atoms with Crippen molar-refractivity contribution in [3.05, 3.63) is 52.3 Å². The number of carbonyl (C=O) groups is 2. The number of hydrogen-bond donors (Lipinski definition) is 1. The van der Waals surface area contributed by atoms with E-state index in [0.29, 0.717) is 16.8 Å². The van der Waals surface area contributed by atoms with E-state index in [-0.39, 0.29) is 35.4 Å². The molecule has 8 heteroatoms. The van der Waals surface area contributed by atoms with Gasteiger partial charge in [0, 0.05) is 17.8 Å². The van der Waals surface area contributed by atoms with Gasteiger partial charge >= 0.3 is 5.97 Å². The molecule has 7 nitrogen and oxygen atoms in total. The molecule has 0 spiro atoms. The first-order valence-corrected chi connectivity index (χ1v) is 10.8. The molecule has 0 radical (unpaired) electrons. The van der Waals surface area contributed by atoms with E-state index in [1.54, 1.807) is 38.1 Å². The summed E-state index contributed by atoms with van der Waals surface area (Å²) in [4.78, 5) is 28.0. The highest BCUT2D eigenvalue weighted by molar-refractivity contribution is 7.89. The molecule has 1 heterocycles. The van der Waals surface area contributed by atoms with E-state index in [1.165, 1.54) is 11.4 Å². The lowest BCUT2D eigenvalue weighted by Crippen LogP contribution is -2.38. The zero-order valence-electron chi connectivity index (χ0n) is 17.7. The Labute approximate surface area is 172 Å². The van der Waals surface area contributed by atoms with Crippen LogP contribution in [0.25, 0.3) is 0 Å². The fourth-order valence-corrected chi connectivity index (χ4v) is 4.79. The SMILES string of the molecule is COC(=O)c1[nH]c(C)c(C(=O)CN(CC(C)C)S(=O)(=O)c2ccc(C)cc2)c1C. The summed E-state index contributed by atoms with van der Waals surface area (Å²) in [5, 5.41) is 0. The molecule has 2 rings (SSSR count). The van der Waals surface area contributed by atoms with E-state index in [4.69, 9.17) is 4.74 Å². The minimum absolute atomic E-state index is 0.0297. The molecular weight excluding hydrogens is 392 g/mol. The van der Waals surface area contributed by atoms with E-state index in [1.807, 2.05) is 20.8 Å². The van der Waals surface area contributed by atoms with Crippen molar-refractivity contribution in [1.29, 1.82) is 0 Å². The highest BCUT2D eigenvalue weighted by atomic mass is 32.2. The Morgan fingerprint density at radius 3 is 2.21 bits per heavy atom. The molecule has 0 aliphatic rings. The van der Waals surface area contributed by atoms with Crippen molar-refractivity contribution < 1.29 is 22.7 Å². The Kier molecular flexibility index (Phi) is 7.02. The van der Waals surface area contributed by atoms with Gasteiger partial charge in [0.1, 0.15) is 5.69 Å². The first-order valence-electron chi connectivity index (χ1n) is 9.36. The van der Waals surface area contributed by atoms with Gasteiger partial charge in [-0.3, -0.25) is 4.79 Å². The minimum atomic E-state index is -3.85. The summed E-state index contributed by atoms with van der Waals surface area (Å²) in [6, 6.07) is 6.55. The largest absolute Gasteiger partial charge is 0.464 e. The molecule has 1 aromatic carbocycles. The number of H-pyrrole nitrogens is 1. The number of benzene rings is 1. The lowest BCUT2D eigenvalue weighted by atomic mass is 10.1. The van der Waals surface area contributed by atoms with Crippen LogP contribution in [0.15, 0.2) is 29.2 Å². The van der Waals surface area contributed by atoms with Gasteiger partial charge in [0.25, 0.3) is 0 Å². The van der Waals surface area contributed by atoms with Gasteiger partial charge in [0.15, 0.2) is 5.78 Å². The van der Waals surface area contributed by atoms with Crippen LogP contribution in [0.3, 0.4) is 0 Å². The number of esters is 1. The van der Waals surface area contributed by atoms with Gasteiger partial charge in [0.2, 0.25) is 10.0 Å². The zero-order valence-corrected chi connectivity index (χ0v) is 18.5. The molecule has 0 aliphatic carbocycles. The number of nitrogens with zero attached hydrogens (tertiary/aromatic N) is 1. The van der Waals surface area contributed by atoms with Crippen LogP contribution >= 0.6 is 0 Å². The molecule has 2 aromatic rings. The van der Waals surface area contributed by atoms with Crippen molar-refractivity contribution >= 4 is 21.8 Å². The fraction of sp³-hybridized carbons (Fsp3) is 0.429. The summed E-state index contributed by atoms with van der Waals surface area (Å²) in [5.41, 5.74) is 2.43. The Bertz CT molecular complexity index is 1000. The van der Waals surface area contributed by atoms with Crippen molar-refractivity contribution in [3.63, 3.8) is 0 Å². The van der Waals surface area contributed by atoms with Crippen LogP contribution < -0.4 is 0 Å². The Morgan fingerprint density at radius 1 is 1.10 bits per heavy atom. The van der Waals surface area contributed by atoms with Gasteiger partial charge in [-0.2, -0.15) is 4.31 Å². The molecule has 0 unspecified atom stereocenters. The van der Waals surface area contributed by atoms with Crippen molar-refractivity contribution in [1.82, 2.24) is 9.29 Å². The third-order valence-electron chi connectivity index (χ3n) is 4.65. The number of aryl methyl sites for hydroxylation is 2. The van der Waals surface area contributed by atoms with Crippen LogP contribution in [-0.2, 0) is 14.8 Å². The van der Waals surface area contributed by atoms with Crippen LogP contribution in [0.1, 0.15) is 51.5 Å².